The van der Waals surface area contributed by atoms with Gasteiger partial charge in [0.15, 0.2) is 0 Å². The quantitative estimate of drug-likeness (QED) is 0.183. The van der Waals surface area contributed by atoms with E-state index in [4.69, 9.17) is 20.0 Å². The van der Waals surface area contributed by atoms with Crippen LogP contribution in [-0.4, -0.2) is 22.8 Å². The van der Waals surface area contributed by atoms with E-state index < -0.39 is 0 Å². The van der Waals surface area contributed by atoms with E-state index in [1.54, 1.807) is 0 Å². The van der Waals surface area contributed by atoms with Crippen LogP contribution < -0.4 is 0 Å². The van der Waals surface area contributed by atoms with Crippen LogP contribution in [0.15, 0.2) is 206 Å². The van der Waals surface area contributed by atoms with Crippen molar-refractivity contribution in [2.75, 3.05) is 0 Å². The molecule has 255 valence electrons. The first-order chi connectivity index (χ1) is 25.4. The van der Waals surface area contributed by atoms with Crippen molar-refractivity contribution in [1.82, 2.24) is 0 Å². The monoisotopic (exact) mass is 979 g/mol. The molecular weight excluding hydrogens is 959 g/mol. The molecule has 5 heterocycles. The van der Waals surface area contributed by atoms with Gasteiger partial charge in [0.1, 0.15) is 0 Å². The van der Waals surface area contributed by atoms with Gasteiger partial charge < -0.3 is 0 Å². The van der Waals surface area contributed by atoms with E-state index in [0.717, 1.165) is 108 Å². The predicted octanol–water partition coefficient (Wildman–Crippen LogP) is 12.7. The average molecular weight is 983 g/mol. The fourth-order valence-electron chi connectivity index (χ4n) is 6.74. The SMILES string of the molecule is Brc1ccc(C2=C3C=CC(=N3)C(c3ccc(Br)cc3)=C3C=CC(=N3)C(c3ccc(Br)cc3)=C3C=CC(=N3)C(c3ccc(Br)cc3)=C3C=CC2=N3)cc1.[Mn]. The smallest absolute Gasteiger partial charge is 0.0738 e. The maximum Gasteiger partial charge on any atom is 0.0738 e. The van der Waals surface area contributed by atoms with E-state index in [0.29, 0.717) is 0 Å². The molecule has 1 radical (unpaired) electrons. The summed E-state index contributed by atoms with van der Waals surface area (Å²) >= 11 is 14.5. The van der Waals surface area contributed by atoms with E-state index >= 15 is 0 Å². The van der Waals surface area contributed by atoms with Gasteiger partial charge in [0.25, 0.3) is 0 Å². The van der Waals surface area contributed by atoms with Gasteiger partial charge in [0.2, 0.25) is 0 Å². The molecule has 9 rings (SSSR count). The Morgan fingerprint density at radius 2 is 0.453 bits per heavy atom. The Morgan fingerprint density at radius 3 is 0.642 bits per heavy atom. The molecule has 0 spiro atoms. The maximum absolute atomic E-state index is 5.34. The molecule has 0 saturated carbocycles. The predicted molar refractivity (Wildman–Crippen MR) is 231 cm³/mol. The number of aliphatic imine (C=N–C) groups is 4. The second kappa shape index (κ2) is 15.0. The number of hydrogen-bond acceptors (Lipinski definition) is 4. The molecule has 5 aliphatic heterocycles. The second-order valence-electron chi connectivity index (χ2n) is 12.4. The summed E-state index contributed by atoms with van der Waals surface area (Å²) in [6.45, 7) is 0. The van der Waals surface area contributed by atoms with Gasteiger partial charge in [0.05, 0.1) is 45.6 Å². The molecule has 0 N–H and O–H groups in total. The molecule has 0 atom stereocenters. The summed E-state index contributed by atoms with van der Waals surface area (Å²) in [5.41, 5.74) is 14.5. The standard InChI is InChI=1S/C44H24Br4N4.Mn/c45-29-9-1-25(2-10-29)41-33-17-19-35(49-33)42(26-3-11-30(46)12-4-26)37-21-23-39(51-37)44(28-7-15-32(48)16-8-28)40-24-22-38(52-40)43(36-20-18-34(41)50-36)27-5-13-31(47)14-6-27;/h1-24H;. The molecule has 4 aromatic rings. The Kier molecular flexibility index (Phi) is 10.2. The van der Waals surface area contributed by atoms with Gasteiger partial charge in [0, 0.05) is 57.3 Å². The van der Waals surface area contributed by atoms with Crippen molar-refractivity contribution in [2.45, 2.75) is 0 Å². The summed E-state index contributed by atoms with van der Waals surface area (Å²) in [4.78, 5) is 21.4. The Hall–Kier alpha value is -4.08. The zero-order valence-electron chi connectivity index (χ0n) is 27.5. The normalized spacial score (nSPS) is 17.1. The zero-order valence-corrected chi connectivity index (χ0v) is 35.1. The number of hydrogen-bond donors (Lipinski definition) is 0. The van der Waals surface area contributed by atoms with Crippen molar-refractivity contribution in [3.63, 3.8) is 0 Å². The van der Waals surface area contributed by atoms with Crippen LogP contribution in [0, 0.1) is 0 Å². The topological polar surface area (TPSA) is 49.4 Å². The number of rotatable bonds is 4. The molecule has 8 bridgehead atoms. The summed E-state index contributed by atoms with van der Waals surface area (Å²) in [6.07, 6.45) is 16.7. The molecule has 9 heteroatoms. The van der Waals surface area contributed by atoms with Crippen molar-refractivity contribution >= 4 is 109 Å². The summed E-state index contributed by atoms with van der Waals surface area (Å²) < 4.78 is 4.02. The van der Waals surface area contributed by atoms with Crippen LogP contribution in [0.5, 0.6) is 0 Å². The largest absolute Gasteiger partial charge is 0.248 e. The summed E-state index contributed by atoms with van der Waals surface area (Å²) in [5.74, 6) is 0. The fourth-order valence-corrected chi connectivity index (χ4v) is 7.79. The molecule has 0 amide bonds. The summed E-state index contributed by atoms with van der Waals surface area (Å²) in [5, 5.41) is 0. The van der Waals surface area contributed by atoms with Crippen molar-refractivity contribution in [1.29, 1.82) is 0 Å². The van der Waals surface area contributed by atoms with E-state index in [2.05, 4.69) is 209 Å². The fraction of sp³-hybridized carbons (Fsp3) is 0. The second-order valence-corrected chi connectivity index (χ2v) is 16.1. The minimum Gasteiger partial charge on any atom is -0.248 e. The molecule has 5 aliphatic rings. The van der Waals surface area contributed by atoms with Crippen LogP contribution in [0.4, 0.5) is 0 Å². The minimum absolute atomic E-state index is 0. The first-order valence-electron chi connectivity index (χ1n) is 16.5. The first kappa shape index (κ1) is 35.9. The van der Waals surface area contributed by atoms with Gasteiger partial charge in [-0.15, -0.1) is 0 Å². The van der Waals surface area contributed by atoms with Crippen LogP contribution in [0.3, 0.4) is 0 Å². The average Bonchev–Trinajstić information content (AvgIpc) is 3.99. The van der Waals surface area contributed by atoms with Crippen LogP contribution in [0.1, 0.15) is 22.3 Å². The van der Waals surface area contributed by atoms with Crippen LogP contribution in [0.25, 0.3) is 22.3 Å². The number of fused-ring (bicyclic) bond motifs is 4. The molecule has 4 nitrogen and oxygen atoms in total. The number of nitrogens with zero attached hydrogens (tertiary/aromatic N) is 4. The van der Waals surface area contributed by atoms with Crippen molar-refractivity contribution in [2.24, 2.45) is 20.0 Å². The molecule has 4 aromatic carbocycles. The van der Waals surface area contributed by atoms with Gasteiger partial charge in [-0.2, -0.15) is 0 Å². The zero-order chi connectivity index (χ0) is 35.3. The van der Waals surface area contributed by atoms with Gasteiger partial charge >= 0.3 is 0 Å². The third kappa shape index (κ3) is 7.03. The maximum atomic E-state index is 5.34. The van der Waals surface area contributed by atoms with Crippen molar-refractivity contribution < 1.29 is 17.1 Å². The van der Waals surface area contributed by atoms with E-state index in [1.165, 1.54) is 0 Å². The molecule has 0 fully saturated rings. The van der Waals surface area contributed by atoms with E-state index in [9.17, 15) is 0 Å². The van der Waals surface area contributed by atoms with E-state index in [1.807, 2.05) is 0 Å². The number of benzene rings is 4. The van der Waals surface area contributed by atoms with Gasteiger partial charge in [-0.25, -0.2) is 20.0 Å². The summed E-state index contributed by atoms with van der Waals surface area (Å²) in [6, 6.07) is 33.3. The third-order valence-corrected chi connectivity index (χ3v) is 11.3. The van der Waals surface area contributed by atoms with E-state index in [-0.39, 0.29) is 17.1 Å². The van der Waals surface area contributed by atoms with Gasteiger partial charge in [-0.3, -0.25) is 0 Å². The molecule has 0 unspecified atom stereocenters. The number of allylic oxidation sites excluding steroid dienone is 12. The first-order valence-corrected chi connectivity index (χ1v) is 19.6. The molecular formula is C44H24Br4MnN4. The Morgan fingerprint density at radius 1 is 0.264 bits per heavy atom. The van der Waals surface area contributed by atoms with Crippen LogP contribution in [0.2, 0.25) is 0 Å². The minimum atomic E-state index is 0. The van der Waals surface area contributed by atoms with Gasteiger partial charge in [-0.05, 0) is 119 Å². The molecule has 53 heavy (non-hydrogen) atoms. The van der Waals surface area contributed by atoms with Crippen molar-refractivity contribution in [3.8, 4) is 0 Å². The molecule has 0 aliphatic carbocycles. The number of halogens is 4. The van der Waals surface area contributed by atoms with Crippen molar-refractivity contribution in [3.05, 3.63) is 209 Å². The molecule has 0 saturated heterocycles. The van der Waals surface area contributed by atoms with Crippen LogP contribution in [-0.2, 0) is 17.1 Å². The Balaban J connectivity index is 0.00000400. The summed E-state index contributed by atoms with van der Waals surface area (Å²) in [7, 11) is 0. The third-order valence-electron chi connectivity index (χ3n) is 9.14. The Labute approximate surface area is 351 Å². The Bertz CT molecular complexity index is 2230. The van der Waals surface area contributed by atoms with Gasteiger partial charge in [-0.1, -0.05) is 112 Å². The van der Waals surface area contributed by atoms with Crippen LogP contribution >= 0.6 is 63.7 Å². The molecule has 0 aromatic heterocycles.